The Balaban J connectivity index is 1.92. The Labute approximate surface area is 164 Å². The minimum atomic E-state index is -0.425. The zero-order valence-corrected chi connectivity index (χ0v) is 15.7. The van der Waals surface area contributed by atoms with Gasteiger partial charge in [-0.15, -0.1) is 0 Å². The predicted molar refractivity (Wildman–Crippen MR) is 108 cm³/mol. The Kier molecular flexibility index (Phi) is 4.50. The average Bonchev–Trinajstić information content (AvgIpc) is 2.62. The molecule has 0 bridgehead atoms. The molecular weight excluding hydrogens is 388 g/mol. The molecule has 2 N–H and O–H groups in total. The summed E-state index contributed by atoms with van der Waals surface area (Å²) in [5, 5.41) is 5.79. The molecule has 136 valence electrons. The van der Waals surface area contributed by atoms with Crippen LogP contribution in [0.5, 0.6) is 0 Å². The first-order valence-electron chi connectivity index (χ1n) is 8.27. The number of aromatic amines is 1. The third-order valence-electron chi connectivity index (χ3n) is 4.46. The van der Waals surface area contributed by atoms with Crippen LogP contribution in [0.1, 0.15) is 18.5 Å². The summed E-state index contributed by atoms with van der Waals surface area (Å²) >= 11 is 12.6. The molecule has 7 heteroatoms. The predicted octanol–water partition coefficient (Wildman–Crippen LogP) is 5.70. The van der Waals surface area contributed by atoms with E-state index >= 15 is 0 Å². The summed E-state index contributed by atoms with van der Waals surface area (Å²) < 4.78 is 13.7. The molecule has 0 saturated heterocycles. The van der Waals surface area contributed by atoms with E-state index in [4.69, 9.17) is 23.2 Å². The number of benzene rings is 2. The standard InChI is InChI=1S/C20H14Cl2FN3O/c1-10(17-14(21)3-2-4-15(17)22)25-19-12-7-8-24-20(27)18(12)13-9-11(23)5-6-16(13)26-19/h2-10H,1H3,(H,24,27)(H,25,26)/t10-/m0/s1. The van der Waals surface area contributed by atoms with Crippen molar-refractivity contribution in [2.75, 3.05) is 5.32 Å². The molecule has 0 radical (unpaired) electrons. The van der Waals surface area contributed by atoms with Crippen LogP contribution in [0.25, 0.3) is 21.7 Å². The monoisotopic (exact) mass is 401 g/mol. The lowest BCUT2D eigenvalue weighted by molar-refractivity contribution is 0.629. The number of halogens is 3. The molecule has 4 aromatic rings. The number of hydrogen-bond acceptors (Lipinski definition) is 3. The molecule has 0 amide bonds. The summed E-state index contributed by atoms with van der Waals surface area (Å²) in [7, 11) is 0. The van der Waals surface area contributed by atoms with Crippen molar-refractivity contribution < 1.29 is 4.39 Å². The number of H-pyrrole nitrogens is 1. The Morgan fingerprint density at radius 1 is 1.11 bits per heavy atom. The van der Waals surface area contributed by atoms with Gasteiger partial charge in [0.05, 0.1) is 16.9 Å². The second kappa shape index (κ2) is 6.83. The topological polar surface area (TPSA) is 57.8 Å². The molecule has 0 unspecified atom stereocenters. The van der Waals surface area contributed by atoms with Gasteiger partial charge in [0, 0.05) is 32.6 Å². The lowest BCUT2D eigenvalue weighted by Crippen LogP contribution is -2.12. The summed E-state index contributed by atoms with van der Waals surface area (Å²) in [5.74, 6) is 0.0736. The van der Waals surface area contributed by atoms with Crippen LogP contribution in [0.4, 0.5) is 10.2 Å². The summed E-state index contributed by atoms with van der Waals surface area (Å²) in [6.07, 6.45) is 1.54. The average molecular weight is 402 g/mol. The number of hydrogen-bond donors (Lipinski definition) is 2. The molecule has 2 aromatic carbocycles. The second-order valence-corrected chi connectivity index (χ2v) is 7.03. The van der Waals surface area contributed by atoms with Crippen molar-refractivity contribution in [2.24, 2.45) is 0 Å². The fraction of sp³-hybridized carbons (Fsp3) is 0.100. The maximum atomic E-state index is 13.7. The van der Waals surface area contributed by atoms with Gasteiger partial charge in [0.15, 0.2) is 0 Å². The van der Waals surface area contributed by atoms with E-state index in [1.807, 2.05) is 6.92 Å². The number of nitrogens with one attached hydrogen (secondary N) is 2. The minimum Gasteiger partial charge on any atom is -0.363 e. The lowest BCUT2D eigenvalue weighted by Gasteiger charge is -2.19. The van der Waals surface area contributed by atoms with Gasteiger partial charge in [0.1, 0.15) is 11.6 Å². The lowest BCUT2D eigenvalue weighted by atomic mass is 10.1. The van der Waals surface area contributed by atoms with Crippen LogP contribution in [0.15, 0.2) is 53.5 Å². The maximum Gasteiger partial charge on any atom is 0.256 e. The van der Waals surface area contributed by atoms with E-state index in [-0.39, 0.29) is 11.6 Å². The van der Waals surface area contributed by atoms with Gasteiger partial charge in [-0.25, -0.2) is 9.37 Å². The van der Waals surface area contributed by atoms with Crippen LogP contribution in [0.2, 0.25) is 10.0 Å². The third kappa shape index (κ3) is 3.13. The molecule has 2 aromatic heterocycles. The Morgan fingerprint density at radius 3 is 2.59 bits per heavy atom. The van der Waals surface area contributed by atoms with Crippen molar-refractivity contribution in [2.45, 2.75) is 13.0 Å². The van der Waals surface area contributed by atoms with Gasteiger partial charge in [-0.3, -0.25) is 4.79 Å². The van der Waals surface area contributed by atoms with Crippen LogP contribution in [0.3, 0.4) is 0 Å². The molecule has 0 aliphatic heterocycles. The summed E-state index contributed by atoms with van der Waals surface area (Å²) in [6.45, 7) is 1.91. The van der Waals surface area contributed by atoms with Crippen molar-refractivity contribution in [3.8, 4) is 0 Å². The van der Waals surface area contributed by atoms with E-state index in [1.165, 1.54) is 18.3 Å². The molecule has 0 spiro atoms. The normalized spacial score (nSPS) is 12.4. The van der Waals surface area contributed by atoms with Crippen molar-refractivity contribution in [3.63, 3.8) is 0 Å². The van der Waals surface area contributed by atoms with E-state index in [9.17, 15) is 9.18 Å². The highest BCUT2D eigenvalue weighted by Crippen LogP contribution is 2.34. The number of rotatable bonds is 3. The van der Waals surface area contributed by atoms with Crippen LogP contribution in [0, 0.1) is 5.82 Å². The van der Waals surface area contributed by atoms with Gasteiger partial charge in [-0.2, -0.15) is 0 Å². The molecular formula is C20H14Cl2FN3O. The molecule has 0 aliphatic rings. The highest BCUT2D eigenvalue weighted by molar-refractivity contribution is 6.36. The summed E-state index contributed by atoms with van der Waals surface area (Å²) in [4.78, 5) is 19.7. The van der Waals surface area contributed by atoms with Gasteiger partial charge < -0.3 is 10.3 Å². The molecule has 0 aliphatic carbocycles. The fourth-order valence-corrected chi connectivity index (χ4v) is 3.97. The first-order valence-corrected chi connectivity index (χ1v) is 9.02. The van der Waals surface area contributed by atoms with Crippen molar-refractivity contribution in [3.05, 3.63) is 80.4 Å². The molecule has 0 saturated carbocycles. The second-order valence-electron chi connectivity index (χ2n) is 6.22. The van der Waals surface area contributed by atoms with Gasteiger partial charge in [0.25, 0.3) is 5.56 Å². The molecule has 4 nitrogen and oxygen atoms in total. The van der Waals surface area contributed by atoms with Gasteiger partial charge >= 0.3 is 0 Å². The van der Waals surface area contributed by atoms with Crippen LogP contribution >= 0.6 is 23.2 Å². The Morgan fingerprint density at radius 2 is 1.85 bits per heavy atom. The molecule has 0 fully saturated rings. The van der Waals surface area contributed by atoms with Crippen LogP contribution in [-0.2, 0) is 0 Å². The number of fused-ring (bicyclic) bond motifs is 3. The molecule has 1 atom stereocenters. The fourth-order valence-electron chi connectivity index (χ4n) is 3.24. The maximum absolute atomic E-state index is 13.7. The SMILES string of the molecule is C[C@H](Nc1nc2ccc(F)cc2c2c(=O)[nH]ccc12)c1c(Cl)cccc1Cl. The Bertz CT molecular complexity index is 1220. The zero-order chi connectivity index (χ0) is 19.1. The van der Waals surface area contributed by atoms with Crippen molar-refractivity contribution >= 4 is 50.7 Å². The van der Waals surface area contributed by atoms with E-state index in [0.29, 0.717) is 37.5 Å². The first kappa shape index (κ1) is 17.8. The van der Waals surface area contributed by atoms with Gasteiger partial charge in [0.2, 0.25) is 0 Å². The zero-order valence-electron chi connectivity index (χ0n) is 14.2. The number of pyridine rings is 2. The quantitative estimate of drug-likeness (QED) is 0.433. The summed E-state index contributed by atoms with van der Waals surface area (Å²) in [6, 6.07) is 11.0. The largest absolute Gasteiger partial charge is 0.363 e. The third-order valence-corrected chi connectivity index (χ3v) is 5.12. The molecule has 27 heavy (non-hydrogen) atoms. The van der Waals surface area contributed by atoms with E-state index < -0.39 is 5.82 Å². The number of anilines is 1. The van der Waals surface area contributed by atoms with Gasteiger partial charge in [-0.1, -0.05) is 29.3 Å². The molecule has 2 heterocycles. The first-order chi connectivity index (χ1) is 13.0. The number of aromatic nitrogens is 2. The van der Waals surface area contributed by atoms with E-state index in [0.717, 1.165) is 5.56 Å². The van der Waals surface area contributed by atoms with Crippen LogP contribution < -0.4 is 10.9 Å². The van der Waals surface area contributed by atoms with E-state index in [2.05, 4.69) is 15.3 Å². The van der Waals surface area contributed by atoms with Gasteiger partial charge in [-0.05, 0) is 43.3 Å². The van der Waals surface area contributed by atoms with Crippen molar-refractivity contribution in [1.82, 2.24) is 9.97 Å². The highest BCUT2D eigenvalue weighted by Gasteiger charge is 2.17. The van der Waals surface area contributed by atoms with Crippen molar-refractivity contribution in [1.29, 1.82) is 0 Å². The summed E-state index contributed by atoms with van der Waals surface area (Å²) in [5.41, 5.74) is 0.942. The number of nitrogens with zero attached hydrogens (tertiary/aromatic N) is 1. The highest BCUT2D eigenvalue weighted by atomic mass is 35.5. The molecule has 4 rings (SSSR count). The smallest absolute Gasteiger partial charge is 0.256 e. The van der Waals surface area contributed by atoms with Crippen LogP contribution in [-0.4, -0.2) is 9.97 Å². The Hall–Kier alpha value is -2.63. The minimum absolute atomic E-state index is 0.265. The van der Waals surface area contributed by atoms with E-state index in [1.54, 1.807) is 30.3 Å².